The summed E-state index contributed by atoms with van der Waals surface area (Å²) in [6.07, 6.45) is 0. The molecule has 1 aromatic heterocycles. The van der Waals surface area contributed by atoms with Gasteiger partial charge in [-0.3, -0.25) is 0 Å². The molecule has 1 heterocycles. The number of thiophene rings is 1. The molecule has 0 amide bonds. The second-order valence-electron chi connectivity index (χ2n) is 3.49. The monoisotopic (exact) mass is 279 g/mol. The van der Waals surface area contributed by atoms with Crippen molar-refractivity contribution < 1.29 is 10.2 Å². The van der Waals surface area contributed by atoms with E-state index in [9.17, 15) is 5.11 Å². The molecule has 0 aliphatic heterocycles. The van der Waals surface area contributed by atoms with Crippen molar-refractivity contribution in [3.05, 3.63) is 20.8 Å². The lowest BCUT2D eigenvalue weighted by Crippen LogP contribution is -2.40. The molecule has 14 heavy (non-hydrogen) atoms. The Bertz CT molecular complexity index is 288. The van der Waals surface area contributed by atoms with Crippen molar-refractivity contribution in [2.75, 3.05) is 13.2 Å². The second-order valence-corrected chi connectivity index (χ2v) is 5.40. The van der Waals surface area contributed by atoms with Gasteiger partial charge in [0.1, 0.15) is 0 Å². The number of hydrogen-bond acceptors (Lipinski definition) is 4. The number of aliphatic hydroxyl groups is 2. The zero-order chi connectivity index (χ0) is 10.6. The molecule has 3 N–H and O–H groups in total. The largest absolute Gasteiger partial charge is 0.393 e. The number of rotatable bonds is 5. The summed E-state index contributed by atoms with van der Waals surface area (Å²) in [7, 11) is 0. The van der Waals surface area contributed by atoms with Crippen LogP contribution in [0.15, 0.2) is 15.9 Å². The van der Waals surface area contributed by atoms with Crippen LogP contribution in [0.5, 0.6) is 0 Å². The van der Waals surface area contributed by atoms with Crippen LogP contribution in [0.2, 0.25) is 0 Å². The highest BCUT2D eigenvalue weighted by atomic mass is 79.9. The minimum absolute atomic E-state index is 0.228. The fourth-order valence-corrected chi connectivity index (χ4v) is 2.38. The highest BCUT2D eigenvalue weighted by Crippen LogP contribution is 2.19. The fourth-order valence-electron chi connectivity index (χ4n) is 0.957. The quantitative estimate of drug-likeness (QED) is 0.763. The Morgan fingerprint density at radius 2 is 2.36 bits per heavy atom. The van der Waals surface area contributed by atoms with E-state index in [0.29, 0.717) is 13.1 Å². The molecule has 0 aliphatic rings. The molecule has 0 fully saturated rings. The van der Waals surface area contributed by atoms with Gasteiger partial charge < -0.3 is 15.5 Å². The van der Waals surface area contributed by atoms with Crippen LogP contribution in [0.25, 0.3) is 0 Å². The van der Waals surface area contributed by atoms with Gasteiger partial charge in [-0.1, -0.05) is 0 Å². The van der Waals surface area contributed by atoms with E-state index in [-0.39, 0.29) is 6.61 Å². The van der Waals surface area contributed by atoms with Crippen molar-refractivity contribution in [3.63, 3.8) is 0 Å². The SMILES string of the molecule is CC(O)(CO)CNCc1cc(Br)cs1. The molecule has 0 aromatic carbocycles. The Morgan fingerprint density at radius 1 is 1.64 bits per heavy atom. The van der Waals surface area contributed by atoms with Crippen LogP contribution in [-0.4, -0.2) is 29.0 Å². The summed E-state index contributed by atoms with van der Waals surface area (Å²) in [5.74, 6) is 0. The maximum absolute atomic E-state index is 9.49. The van der Waals surface area contributed by atoms with Gasteiger partial charge in [0.05, 0.1) is 12.2 Å². The minimum Gasteiger partial charge on any atom is -0.393 e. The Balaban J connectivity index is 2.28. The van der Waals surface area contributed by atoms with Gasteiger partial charge in [0.25, 0.3) is 0 Å². The number of halogens is 1. The first kappa shape index (κ1) is 12.1. The molecule has 0 saturated heterocycles. The molecule has 5 heteroatoms. The lowest BCUT2D eigenvalue weighted by Gasteiger charge is -2.20. The molecule has 1 aromatic rings. The van der Waals surface area contributed by atoms with Gasteiger partial charge in [0.2, 0.25) is 0 Å². The summed E-state index contributed by atoms with van der Waals surface area (Å²) in [6, 6.07) is 2.03. The van der Waals surface area contributed by atoms with Crippen LogP contribution >= 0.6 is 27.3 Å². The Hall–Kier alpha value is 0.0600. The van der Waals surface area contributed by atoms with Crippen molar-refractivity contribution in [2.45, 2.75) is 19.1 Å². The van der Waals surface area contributed by atoms with Crippen molar-refractivity contribution in [1.82, 2.24) is 5.32 Å². The lowest BCUT2D eigenvalue weighted by molar-refractivity contribution is 0.00258. The molecule has 1 atom stereocenters. The maximum atomic E-state index is 9.49. The van der Waals surface area contributed by atoms with E-state index in [4.69, 9.17) is 5.11 Å². The normalized spacial score (nSPS) is 15.4. The van der Waals surface area contributed by atoms with E-state index in [1.807, 2.05) is 11.4 Å². The van der Waals surface area contributed by atoms with Crippen molar-refractivity contribution in [3.8, 4) is 0 Å². The third-order valence-corrected chi connectivity index (χ3v) is 3.47. The maximum Gasteiger partial charge on any atom is 0.0972 e. The van der Waals surface area contributed by atoms with Gasteiger partial charge in [-0.15, -0.1) is 11.3 Å². The van der Waals surface area contributed by atoms with E-state index >= 15 is 0 Å². The van der Waals surface area contributed by atoms with Gasteiger partial charge in [-0.25, -0.2) is 0 Å². The average Bonchev–Trinajstić information content (AvgIpc) is 2.51. The zero-order valence-corrected chi connectivity index (χ0v) is 10.4. The fraction of sp³-hybridized carbons (Fsp3) is 0.556. The van der Waals surface area contributed by atoms with Crippen LogP contribution in [-0.2, 0) is 6.54 Å². The van der Waals surface area contributed by atoms with Crippen LogP contribution in [0.4, 0.5) is 0 Å². The molecule has 0 bridgehead atoms. The van der Waals surface area contributed by atoms with Crippen LogP contribution in [0, 0.1) is 0 Å². The van der Waals surface area contributed by atoms with Gasteiger partial charge in [0, 0.05) is 27.8 Å². The third kappa shape index (κ3) is 4.06. The van der Waals surface area contributed by atoms with Crippen molar-refractivity contribution >= 4 is 27.3 Å². The molecular weight excluding hydrogens is 266 g/mol. The first-order valence-corrected chi connectivity index (χ1v) is 5.98. The second kappa shape index (κ2) is 5.23. The Labute approximate surface area is 95.9 Å². The standard InChI is InChI=1S/C9H14BrNO2S/c1-9(13,6-12)5-11-3-8-2-7(10)4-14-8/h2,4,11-13H,3,5-6H2,1H3. The van der Waals surface area contributed by atoms with E-state index in [0.717, 1.165) is 4.47 Å². The van der Waals surface area contributed by atoms with Crippen LogP contribution in [0.1, 0.15) is 11.8 Å². The Morgan fingerprint density at radius 3 is 2.86 bits per heavy atom. The number of nitrogens with one attached hydrogen (secondary N) is 1. The zero-order valence-electron chi connectivity index (χ0n) is 7.96. The summed E-state index contributed by atoms with van der Waals surface area (Å²) < 4.78 is 1.08. The highest BCUT2D eigenvalue weighted by Gasteiger charge is 2.17. The summed E-state index contributed by atoms with van der Waals surface area (Å²) in [5.41, 5.74) is -1.03. The summed E-state index contributed by atoms with van der Waals surface area (Å²) in [5, 5.41) is 23.4. The first-order valence-electron chi connectivity index (χ1n) is 4.30. The predicted octanol–water partition coefficient (Wildman–Crippen LogP) is 1.34. The molecule has 1 unspecified atom stereocenters. The Kier molecular flexibility index (Phi) is 4.53. The van der Waals surface area contributed by atoms with Crippen LogP contribution < -0.4 is 5.32 Å². The van der Waals surface area contributed by atoms with Gasteiger partial charge >= 0.3 is 0 Å². The topological polar surface area (TPSA) is 52.5 Å². The van der Waals surface area contributed by atoms with E-state index in [2.05, 4.69) is 21.2 Å². The minimum atomic E-state index is -1.03. The number of hydrogen-bond donors (Lipinski definition) is 3. The van der Waals surface area contributed by atoms with E-state index in [1.165, 1.54) is 4.88 Å². The molecule has 0 aliphatic carbocycles. The molecular formula is C9H14BrNO2S. The van der Waals surface area contributed by atoms with Crippen molar-refractivity contribution in [1.29, 1.82) is 0 Å². The summed E-state index contributed by atoms with van der Waals surface area (Å²) >= 11 is 5.02. The predicted molar refractivity (Wildman–Crippen MR) is 61.4 cm³/mol. The highest BCUT2D eigenvalue weighted by molar-refractivity contribution is 9.10. The van der Waals surface area contributed by atoms with Gasteiger partial charge in [-0.2, -0.15) is 0 Å². The molecule has 0 saturated carbocycles. The van der Waals surface area contributed by atoms with Crippen molar-refractivity contribution in [2.24, 2.45) is 0 Å². The molecule has 0 spiro atoms. The molecule has 1 rings (SSSR count). The summed E-state index contributed by atoms with van der Waals surface area (Å²) in [6.45, 7) is 2.48. The van der Waals surface area contributed by atoms with Gasteiger partial charge in [-0.05, 0) is 28.9 Å². The van der Waals surface area contributed by atoms with Gasteiger partial charge in [0.15, 0.2) is 0 Å². The molecule has 0 radical (unpaired) electrons. The van der Waals surface area contributed by atoms with Crippen LogP contribution in [0.3, 0.4) is 0 Å². The third-order valence-electron chi connectivity index (χ3n) is 1.77. The lowest BCUT2D eigenvalue weighted by atomic mass is 10.1. The smallest absolute Gasteiger partial charge is 0.0972 e. The summed E-state index contributed by atoms with van der Waals surface area (Å²) in [4.78, 5) is 1.20. The number of aliphatic hydroxyl groups excluding tert-OH is 1. The van der Waals surface area contributed by atoms with E-state index in [1.54, 1.807) is 18.3 Å². The molecule has 3 nitrogen and oxygen atoms in total. The molecule has 80 valence electrons. The first-order chi connectivity index (χ1) is 6.53. The average molecular weight is 280 g/mol. The van der Waals surface area contributed by atoms with E-state index < -0.39 is 5.60 Å².